The molecule has 156 valence electrons. The van der Waals surface area contributed by atoms with Gasteiger partial charge in [0.2, 0.25) is 0 Å². The normalized spacial score (nSPS) is 12.6. The average molecular weight is 414 g/mol. The van der Waals surface area contributed by atoms with Crippen molar-refractivity contribution in [2.24, 2.45) is 0 Å². The lowest BCUT2D eigenvalue weighted by molar-refractivity contribution is 0.0642. The molecule has 3 aromatic rings. The molecule has 3 amide bonds. The minimum atomic E-state index is -0.388. The van der Waals surface area contributed by atoms with Crippen LogP contribution in [0.4, 0.5) is 0 Å². The zero-order valence-electron chi connectivity index (χ0n) is 17.1. The smallest absolute Gasteiger partial charge is 0.261 e. The van der Waals surface area contributed by atoms with E-state index in [0.29, 0.717) is 24.3 Å². The molecular formula is C25H22N2O4. The van der Waals surface area contributed by atoms with Gasteiger partial charge < -0.3 is 10.1 Å². The highest BCUT2D eigenvalue weighted by atomic mass is 16.5. The van der Waals surface area contributed by atoms with Crippen molar-refractivity contribution in [2.45, 2.75) is 13.5 Å². The monoisotopic (exact) mass is 414 g/mol. The van der Waals surface area contributed by atoms with Crippen LogP contribution in [0.2, 0.25) is 0 Å². The summed E-state index contributed by atoms with van der Waals surface area (Å²) in [5.74, 6) is -0.319. The van der Waals surface area contributed by atoms with Gasteiger partial charge in [0, 0.05) is 5.56 Å². The zero-order valence-corrected chi connectivity index (χ0v) is 17.1. The van der Waals surface area contributed by atoms with E-state index in [-0.39, 0.29) is 29.8 Å². The number of rotatable bonds is 7. The quantitative estimate of drug-likeness (QED) is 0.473. The van der Waals surface area contributed by atoms with Gasteiger partial charge >= 0.3 is 0 Å². The van der Waals surface area contributed by atoms with Gasteiger partial charge in [0.15, 0.2) is 0 Å². The van der Waals surface area contributed by atoms with E-state index in [0.717, 1.165) is 16.9 Å². The van der Waals surface area contributed by atoms with Crippen molar-refractivity contribution >= 4 is 17.7 Å². The number of imide groups is 1. The number of nitrogens with one attached hydrogen (secondary N) is 1. The van der Waals surface area contributed by atoms with Crippen molar-refractivity contribution in [2.75, 3.05) is 13.2 Å². The molecule has 1 N–H and O–H groups in total. The van der Waals surface area contributed by atoms with E-state index in [9.17, 15) is 14.4 Å². The van der Waals surface area contributed by atoms with Gasteiger partial charge in [-0.25, -0.2) is 0 Å². The van der Waals surface area contributed by atoms with Gasteiger partial charge in [-0.05, 0) is 42.8 Å². The lowest BCUT2D eigenvalue weighted by atomic mass is 10.1. The van der Waals surface area contributed by atoms with Gasteiger partial charge in [0.05, 0.1) is 24.2 Å². The van der Waals surface area contributed by atoms with Crippen LogP contribution in [-0.2, 0) is 6.54 Å². The largest absolute Gasteiger partial charge is 0.492 e. The van der Waals surface area contributed by atoms with E-state index in [1.807, 2.05) is 61.5 Å². The first-order chi connectivity index (χ1) is 15.0. The molecule has 0 atom stereocenters. The van der Waals surface area contributed by atoms with Crippen LogP contribution in [0.3, 0.4) is 0 Å². The van der Waals surface area contributed by atoms with Gasteiger partial charge in [0.1, 0.15) is 12.4 Å². The van der Waals surface area contributed by atoms with E-state index in [1.165, 1.54) is 17.0 Å². The molecule has 0 fully saturated rings. The molecule has 4 rings (SSSR count). The molecule has 1 heterocycles. The number of hydrogen-bond donors (Lipinski definition) is 1. The fraction of sp³-hybridized carbons (Fsp3) is 0.160. The number of carbonyl (C=O) groups excluding carboxylic acids is 3. The molecule has 0 unspecified atom stereocenters. The molecule has 0 bridgehead atoms. The SMILES string of the molecule is Cc1ccc(OCCNC(=O)c2ccc3c(c2)C(=O)N(Cc2ccccc2)C3=O)cc1. The van der Waals surface area contributed by atoms with Crippen molar-refractivity contribution in [1.29, 1.82) is 0 Å². The number of fused-ring (bicyclic) bond motifs is 1. The molecule has 6 nitrogen and oxygen atoms in total. The number of ether oxygens (including phenoxy) is 1. The lowest BCUT2D eigenvalue weighted by Gasteiger charge is -2.13. The second kappa shape index (κ2) is 8.83. The molecule has 1 aliphatic rings. The molecule has 0 saturated carbocycles. The predicted octanol–water partition coefficient (Wildman–Crippen LogP) is 3.60. The Bertz CT molecular complexity index is 1120. The van der Waals surface area contributed by atoms with Gasteiger partial charge in [0.25, 0.3) is 17.7 Å². The van der Waals surface area contributed by atoms with E-state index in [1.54, 1.807) is 6.07 Å². The highest BCUT2D eigenvalue weighted by molar-refractivity contribution is 6.22. The van der Waals surface area contributed by atoms with Crippen molar-refractivity contribution in [3.8, 4) is 5.75 Å². The highest BCUT2D eigenvalue weighted by Crippen LogP contribution is 2.25. The Morgan fingerprint density at radius 1 is 0.903 bits per heavy atom. The van der Waals surface area contributed by atoms with Gasteiger partial charge in [-0.15, -0.1) is 0 Å². The number of benzene rings is 3. The van der Waals surface area contributed by atoms with Crippen molar-refractivity contribution < 1.29 is 19.1 Å². The van der Waals surface area contributed by atoms with E-state index >= 15 is 0 Å². The topological polar surface area (TPSA) is 75.7 Å². The molecule has 6 heteroatoms. The van der Waals surface area contributed by atoms with E-state index in [4.69, 9.17) is 4.74 Å². The maximum atomic E-state index is 12.8. The second-order valence-corrected chi connectivity index (χ2v) is 7.36. The Kier molecular flexibility index (Phi) is 5.80. The van der Waals surface area contributed by atoms with Crippen LogP contribution in [0.1, 0.15) is 42.2 Å². The summed E-state index contributed by atoms with van der Waals surface area (Å²) in [5, 5.41) is 2.78. The fourth-order valence-electron chi connectivity index (χ4n) is 3.41. The maximum Gasteiger partial charge on any atom is 0.261 e. The molecule has 0 aromatic heterocycles. The summed E-state index contributed by atoms with van der Waals surface area (Å²) >= 11 is 0. The minimum absolute atomic E-state index is 0.199. The Balaban J connectivity index is 1.37. The first kappa shape index (κ1) is 20.3. The summed E-state index contributed by atoms with van der Waals surface area (Å²) < 4.78 is 5.60. The van der Waals surface area contributed by atoms with Crippen molar-refractivity contribution in [1.82, 2.24) is 10.2 Å². The van der Waals surface area contributed by atoms with Crippen LogP contribution in [-0.4, -0.2) is 35.8 Å². The number of hydrogen-bond acceptors (Lipinski definition) is 4. The number of amides is 3. The third-order valence-electron chi connectivity index (χ3n) is 5.09. The van der Waals surface area contributed by atoms with Gasteiger partial charge in [-0.1, -0.05) is 48.0 Å². The molecule has 31 heavy (non-hydrogen) atoms. The predicted molar refractivity (Wildman–Crippen MR) is 116 cm³/mol. The minimum Gasteiger partial charge on any atom is -0.492 e. The molecule has 0 saturated heterocycles. The van der Waals surface area contributed by atoms with E-state index < -0.39 is 0 Å². The molecule has 0 aliphatic carbocycles. The Morgan fingerprint density at radius 2 is 1.61 bits per heavy atom. The third kappa shape index (κ3) is 4.48. The van der Waals surface area contributed by atoms with Crippen LogP contribution in [0.25, 0.3) is 0 Å². The summed E-state index contributed by atoms with van der Waals surface area (Å²) in [4.78, 5) is 39.1. The standard InChI is InChI=1S/C25H22N2O4/c1-17-7-10-20(11-8-17)31-14-13-26-23(28)19-9-12-21-22(15-19)25(30)27(24(21)29)16-18-5-3-2-4-6-18/h2-12,15H,13-14,16H2,1H3,(H,26,28). The van der Waals surface area contributed by atoms with E-state index in [2.05, 4.69) is 5.32 Å². The number of aryl methyl sites for hydroxylation is 1. The van der Waals surface area contributed by atoms with Crippen LogP contribution in [0, 0.1) is 6.92 Å². The second-order valence-electron chi connectivity index (χ2n) is 7.36. The summed E-state index contributed by atoms with van der Waals surface area (Å²) in [6.07, 6.45) is 0. The van der Waals surface area contributed by atoms with Crippen LogP contribution in [0.5, 0.6) is 5.75 Å². The number of carbonyl (C=O) groups is 3. The molecule has 0 radical (unpaired) electrons. The summed E-state index contributed by atoms with van der Waals surface area (Å²) in [6.45, 7) is 2.84. The molecule has 0 spiro atoms. The zero-order chi connectivity index (χ0) is 21.8. The van der Waals surface area contributed by atoms with Crippen LogP contribution >= 0.6 is 0 Å². The fourth-order valence-corrected chi connectivity index (χ4v) is 3.41. The van der Waals surface area contributed by atoms with Gasteiger partial charge in [-0.3, -0.25) is 19.3 Å². The first-order valence-corrected chi connectivity index (χ1v) is 10.0. The van der Waals surface area contributed by atoms with Crippen molar-refractivity contribution in [3.05, 3.63) is 101 Å². The van der Waals surface area contributed by atoms with Crippen molar-refractivity contribution in [3.63, 3.8) is 0 Å². The lowest BCUT2D eigenvalue weighted by Crippen LogP contribution is -2.29. The molecular weight excluding hydrogens is 392 g/mol. The number of nitrogens with zero attached hydrogens (tertiary/aromatic N) is 1. The first-order valence-electron chi connectivity index (χ1n) is 10.0. The summed E-state index contributed by atoms with van der Waals surface area (Å²) in [7, 11) is 0. The summed E-state index contributed by atoms with van der Waals surface area (Å²) in [5.41, 5.74) is 2.91. The Hall–Kier alpha value is -3.93. The molecule has 1 aliphatic heterocycles. The van der Waals surface area contributed by atoms with Crippen LogP contribution in [0.15, 0.2) is 72.8 Å². The average Bonchev–Trinajstić information content (AvgIpc) is 3.03. The Morgan fingerprint density at radius 3 is 2.35 bits per heavy atom. The molecule has 3 aromatic carbocycles. The maximum absolute atomic E-state index is 12.8. The summed E-state index contributed by atoms with van der Waals surface area (Å²) in [6, 6.07) is 21.6. The highest BCUT2D eigenvalue weighted by Gasteiger charge is 2.35. The van der Waals surface area contributed by atoms with Crippen LogP contribution < -0.4 is 10.1 Å². The Labute approximate surface area is 180 Å². The third-order valence-corrected chi connectivity index (χ3v) is 5.09. The van der Waals surface area contributed by atoms with Gasteiger partial charge in [-0.2, -0.15) is 0 Å².